The average molecular weight is 372 g/mol. The van der Waals surface area contributed by atoms with Gasteiger partial charge >= 0.3 is 0 Å². The minimum Gasteiger partial charge on any atom is -0.353 e. The van der Waals surface area contributed by atoms with Crippen molar-refractivity contribution in [1.82, 2.24) is 19.8 Å². The predicted molar refractivity (Wildman–Crippen MR) is 107 cm³/mol. The van der Waals surface area contributed by atoms with Crippen molar-refractivity contribution in [2.75, 3.05) is 44.7 Å². The van der Waals surface area contributed by atoms with Crippen LogP contribution < -0.4 is 4.90 Å². The Morgan fingerprint density at radius 3 is 2.78 bits per heavy atom. The van der Waals surface area contributed by atoms with Crippen molar-refractivity contribution in [2.45, 2.75) is 57.4 Å². The summed E-state index contributed by atoms with van der Waals surface area (Å²) < 4.78 is 0. The van der Waals surface area contributed by atoms with Gasteiger partial charge in [-0.3, -0.25) is 9.69 Å². The zero-order valence-electron chi connectivity index (χ0n) is 17.0. The van der Waals surface area contributed by atoms with Gasteiger partial charge in [0, 0.05) is 56.4 Å². The van der Waals surface area contributed by atoms with Crippen molar-refractivity contribution in [1.29, 1.82) is 0 Å². The van der Waals surface area contributed by atoms with Crippen LogP contribution in [0.25, 0.3) is 0 Å². The second-order valence-electron chi connectivity index (χ2n) is 9.06. The van der Waals surface area contributed by atoms with Gasteiger partial charge in [0.25, 0.3) is 0 Å². The number of hydrogen-bond acceptors (Lipinski definition) is 5. The van der Waals surface area contributed by atoms with Gasteiger partial charge in [0.05, 0.1) is 0 Å². The van der Waals surface area contributed by atoms with E-state index in [1.807, 2.05) is 6.20 Å². The molecule has 3 fully saturated rings. The van der Waals surface area contributed by atoms with Crippen LogP contribution in [0.5, 0.6) is 0 Å². The summed E-state index contributed by atoms with van der Waals surface area (Å²) in [5.41, 5.74) is 1.28. The molecule has 0 radical (unpaired) electrons. The fourth-order valence-corrected chi connectivity index (χ4v) is 4.68. The third-order valence-corrected chi connectivity index (χ3v) is 6.82. The molecule has 1 aromatic heterocycles. The van der Waals surface area contributed by atoms with Crippen LogP contribution in [0.2, 0.25) is 0 Å². The molecular weight excluding hydrogens is 338 g/mol. The van der Waals surface area contributed by atoms with Crippen molar-refractivity contribution < 1.29 is 4.79 Å². The summed E-state index contributed by atoms with van der Waals surface area (Å²) in [6, 6.07) is 0. The lowest BCUT2D eigenvalue weighted by atomic mass is 9.86. The van der Waals surface area contributed by atoms with Crippen molar-refractivity contribution in [2.24, 2.45) is 5.92 Å². The Morgan fingerprint density at radius 2 is 2.04 bits per heavy atom. The standard InChI is InChI=1S/C21H33N5O/c1-16(2)18-12-22-15-23-20(18)26-11-10-24(3)21(14-26)7-6-19(27)25(9-8-21)13-17-4-5-17/h12,15-17H,4-11,13-14H2,1-3H3/t21-/m1/s1. The largest absolute Gasteiger partial charge is 0.353 e. The molecule has 2 aliphatic heterocycles. The second-order valence-corrected chi connectivity index (χ2v) is 9.06. The highest BCUT2D eigenvalue weighted by molar-refractivity contribution is 5.76. The number of anilines is 1. The lowest BCUT2D eigenvalue weighted by Gasteiger charge is -2.50. The van der Waals surface area contributed by atoms with Crippen LogP contribution in [0.3, 0.4) is 0 Å². The van der Waals surface area contributed by atoms with Gasteiger partial charge in [-0.1, -0.05) is 13.8 Å². The molecule has 0 unspecified atom stereocenters. The maximum absolute atomic E-state index is 12.7. The Labute approximate surface area is 162 Å². The smallest absolute Gasteiger partial charge is 0.222 e. The molecule has 6 heteroatoms. The maximum atomic E-state index is 12.7. The number of likely N-dealkylation sites (N-methyl/N-ethyl adjacent to an activating group) is 1. The van der Waals surface area contributed by atoms with E-state index in [1.54, 1.807) is 6.33 Å². The van der Waals surface area contributed by atoms with Gasteiger partial charge in [0.2, 0.25) is 5.91 Å². The molecule has 6 nitrogen and oxygen atoms in total. The molecule has 0 bridgehead atoms. The first kappa shape index (κ1) is 18.7. The topological polar surface area (TPSA) is 52.6 Å². The predicted octanol–water partition coefficient (Wildman–Crippen LogP) is 2.51. The van der Waals surface area contributed by atoms with E-state index in [0.29, 0.717) is 18.2 Å². The quantitative estimate of drug-likeness (QED) is 0.814. The normalized spacial score (nSPS) is 27.5. The van der Waals surface area contributed by atoms with Gasteiger partial charge in [-0.2, -0.15) is 0 Å². The van der Waals surface area contributed by atoms with Crippen LogP contribution >= 0.6 is 0 Å². The number of likely N-dealkylation sites (tertiary alicyclic amines) is 1. The van der Waals surface area contributed by atoms with E-state index in [2.05, 4.69) is 45.6 Å². The Morgan fingerprint density at radius 1 is 1.22 bits per heavy atom. The van der Waals surface area contributed by atoms with E-state index in [4.69, 9.17) is 0 Å². The molecule has 1 amide bonds. The molecule has 1 aliphatic carbocycles. The second kappa shape index (κ2) is 7.38. The first-order chi connectivity index (χ1) is 13.0. The molecular formula is C21H33N5O. The van der Waals surface area contributed by atoms with E-state index < -0.39 is 0 Å². The summed E-state index contributed by atoms with van der Waals surface area (Å²) in [5, 5.41) is 0. The zero-order chi connectivity index (χ0) is 19.0. The number of hydrogen-bond donors (Lipinski definition) is 0. The molecule has 1 saturated carbocycles. The molecule has 2 saturated heterocycles. The number of nitrogens with zero attached hydrogens (tertiary/aromatic N) is 5. The summed E-state index contributed by atoms with van der Waals surface area (Å²) in [6.45, 7) is 9.22. The Bertz CT molecular complexity index is 689. The van der Waals surface area contributed by atoms with E-state index in [-0.39, 0.29) is 5.54 Å². The minimum absolute atomic E-state index is 0.0609. The van der Waals surface area contributed by atoms with E-state index in [9.17, 15) is 4.79 Å². The van der Waals surface area contributed by atoms with Gasteiger partial charge in [0.15, 0.2) is 0 Å². The fourth-order valence-electron chi connectivity index (χ4n) is 4.68. The van der Waals surface area contributed by atoms with Crippen molar-refractivity contribution in [3.05, 3.63) is 18.1 Å². The number of piperazine rings is 1. The van der Waals surface area contributed by atoms with Gasteiger partial charge in [-0.25, -0.2) is 9.97 Å². The number of aromatic nitrogens is 2. The Balaban J connectivity index is 1.54. The van der Waals surface area contributed by atoms with E-state index in [1.165, 1.54) is 18.4 Å². The van der Waals surface area contributed by atoms with Gasteiger partial charge < -0.3 is 9.80 Å². The summed E-state index contributed by atoms with van der Waals surface area (Å²) in [4.78, 5) is 28.7. The van der Waals surface area contributed by atoms with Gasteiger partial charge in [-0.05, 0) is 44.6 Å². The first-order valence-electron chi connectivity index (χ1n) is 10.5. The van der Waals surface area contributed by atoms with Crippen molar-refractivity contribution >= 4 is 11.7 Å². The van der Waals surface area contributed by atoms with Gasteiger partial charge in [-0.15, -0.1) is 0 Å². The SMILES string of the molecule is CC(C)c1cncnc1N1CCN(C)[C@@]2(CCC(=O)N(CC3CC3)CC2)C1. The molecule has 27 heavy (non-hydrogen) atoms. The molecule has 1 aromatic rings. The average Bonchev–Trinajstić information content (AvgIpc) is 3.50. The lowest BCUT2D eigenvalue weighted by Crippen LogP contribution is -2.61. The number of carbonyl (C=O) groups is 1. The molecule has 3 aliphatic rings. The molecule has 0 aromatic carbocycles. The lowest BCUT2D eigenvalue weighted by molar-refractivity contribution is -0.130. The number of carbonyl (C=O) groups excluding carboxylic acids is 1. The maximum Gasteiger partial charge on any atom is 0.222 e. The number of rotatable bonds is 4. The summed E-state index contributed by atoms with van der Waals surface area (Å²) in [5.74, 6) is 2.60. The Kier molecular flexibility index (Phi) is 5.10. The highest BCUT2D eigenvalue weighted by Crippen LogP contribution is 2.37. The molecule has 1 atom stereocenters. The first-order valence-corrected chi connectivity index (χ1v) is 10.5. The number of amides is 1. The van der Waals surface area contributed by atoms with Crippen LogP contribution in [0.1, 0.15) is 57.4 Å². The van der Waals surface area contributed by atoms with E-state index >= 15 is 0 Å². The third-order valence-electron chi connectivity index (χ3n) is 6.82. The molecule has 1 spiro atoms. The van der Waals surface area contributed by atoms with Crippen LogP contribution in [0, 0.1) is 5.92 Å². The zero-order valence-corrected chi connectivity index (χ0v) is 17.0. The summed E-state index contributed by atoms with van der Waals surface area (Å²) >= 11 is 0. The van der Waals surface area contributed by atoms with E-state index in [0.717, 1.165) is 57.3 Å². The highest BCUT2D eigenvalue weighted by Gasteiger charge is 2.43. The van der Waals surface area contributed by atoms with Crippen molar-refractivity contribution in [3.8, 4) is 0 Å². The highest BCUT2D eigenvalue weighted by atomic mass is 16.2. The minimum atomic E-state index is 0.0609. The molecule has 4 rings (SSSR count). The third kappa shape index (κ3) is 3.82. The summed E-state index contributed by atoms with van der Waals surface area (Å²) in [6.07, 6.45) is 8.91. The molecule has 3 heterocycles. The fraction of sp³-hybridized carbons (Fsp3) is 0.762. The van der Waals surface area contributed by atoms with Crippen LogP contribution in [-0.4, -0.2) is 71.0 Å². The van der Waals surface area contributed by atoms with Crippen LogP contribution in [-0.2, 0) is 4.79 Å². The summed E-state index contributed by atoms with van der Waals surface area (Å²) in [7, 11) is 2.24. The monoisotopic (exact) mass is 371 g/mol. The van der Waals surface area contributed by atoms with Crippen LogP contribution in [0.4, 0.5) is 5.82 Å². The molecule has 148 valence electrons. The Hall–Kier alpha value is -1.69. The molecule has 0 N–H and O–H groups in total. The van der Waals surface area contributed by atoms with Crippen molar-refractivity contribution in [3.63, 3.8) is 0 Å². The van der Waals surface area contributed by atoms with Gasteiger partial charge in [0.1, 0.15) is 12.1 Å². The van der Waals surface area contributed by atoms with Crippen LogP contribution in [0.15, 0.2) is 12.5 Å².